The van der Waals surface area contributed by atoms with Crippen LogP contribution in [0.3, 0.4) is 0 Å². The number of benzene rings is 2. The number of carbonyl (C=O) groups excluding carboxylic acids is 2. The molecule has 0 aliphatic carbocycles. The SMILES string of the molecule is CCCCP(CCCC)Cc1ccc(C(=O)NC(CCSC)C(=O)OC)c(-c2ccccc2C)c1. The van der Waals surface area contributed by atoms with Crippen molar-refractivity contribution >= 4 is 31.6 Å². The van der Waals surface area contributed by atoms with Gasteiger partial charge >= 0.3 is 5.97 Å². The highest BCUT2D eigenvalue weighted by molar-refractivity contribution is 7.98. The van der Waals surface area contributed by atoms with Crippen molar-refractivity contribution in [1.29, 1.82) is 0 Å². The van der Waals surface area contributed by atoms with Crippen molar-refractivity contribution in [1.82, 2.24) is 5.32 Å². The molecule has 192 valence electrons. The van der Waals surface area contributed by atoms with Crippen molar-refractivity contribution < 1.29 is 14.3 Å². The summed E-state index contributed by atoms with van der Waals surface area (Å²) in [6.45, 7) is 6.60. The van der Waals surface area contributed by atoms with Crippen LogP contribution >= 0.6 is 19.7 Å². The van der Waals surface area contributed by atoms with Gasteiger partial charge in [-0.3, -0.25) is 4.79 Å². The van der Waals surface area contributed by atoms with Crippen LogP contribution < -0.4 is 5.32 Å². The van der Waals surface area contributed by atoms with Crippen molar-refractivity contribution in [2.75, 3.05) is 31.4 Å². The maximum atomic E-state index is 13.4. The largest absolute Gasteiger partial charge is 0.467 e. The lowest BCUT2D eigenvalue weighted by molar-refractivity contribution is -0.142. The van der Waals surface area contributed by atoms with Gasteiger partial charge in [-0.15, -0.1) is 7.92 Å². The predicted octanol–water partition coefficient (Wildman–Crippen LogP) is 7.27. The lowest BCUT2D eigenvalue weighted by Gasteiger charge is -2.21. The monoisotopic (exact) mass is 515 g/mol. The molecule has 4 nitrogen and oxygen atoms in total. The van der Waals surface area contributed by atoms with Gasteiger partial charge in [-0.05, 0) is 91.1 Å². The molecule has 2 aromatic carbocycles. The normalized spacial score (nSPS) is 11.9. The summed E-state index contributed by atoms with van der Waals surface area (Å²) in [5, 5.41) is 2.94. The summed E-state index contributed by atoms with van der Waals surface area (Å²) in [4.78, 5) is 25.7. The van der Waals surface area contributed by atoms with E-state index in [0.29, 0.717) is 12.0 Å². The minimum atomic E-state index is -0.653. The lowest BCUT2D eigenvalue weighted by Crippen LogP contribution is -2.42. The number of methoxy groups -OCH3 is 1. The topological polar surface area (TPSA) is 55.4 Å². The first-order valence-electron chi connectivity index (χ1n) is 12.7. The Morgan fingerprint density at radius 1 is 1.03 bits per heavy atom. The van der Waals surface area contributed by atoms with E-state index in [1.54, 1.807) is 11.8 Å². The molecular formula is C29H42NO3PS. The first-order valence-corrected chi connectivity index (χ1v) is 16.0. The van der Waals surface area contributed by atoms with Crippen LogP contribution in [0.15, 0.2) is 42.5 Å². The molecule has 0 saturated heterocycles. The minimum absolute atomic E-state index is 0.0585. The molecule has 1 unspecified atom stereocenters. The molecule has 2 aromatic rings. The number of hydrogen-bond donors (Lipinski definition) is 1. The number of thioether (sulfide) groups is 1. The molecule has 35 heavy (non-hydrogen) atoms. The van der Waals surface area contributed by atoms with E-state index in [4.69, 9.17) is 4.74 Å². The van der Waals surface area contributed by atoms with E-state index < -0.39 is 12.0 Å². The van der Waals surface area contributed by atoms with Crippen LogP contribution in [0.5, 0.6) is 0 Å². The summed E-state index contributed by atoms with van der Waals surface area (Å²) in [6.07, 6.45) is 11.3. The zero-order valence-electron chi connectivity index (χ0n) is 22.1. The Hall–Kier alpha value is -1.84. The molecule has 1 atom stereocenters. The molecule has 0 aliphatic rings. The highest BCUT2D eigenvalue weighted by Gasteiger charge is 2.24. The molecule has 2 rings (SSSR count). The third-order valence-corrected chi connectivity index (χ3v) is 9.58. The Bertz CT molecular complexity index is 941. The number of esters is 1. The molecule has 1 amide bonds. The minimum Gasteiger partial charge on any atom is -0.467 e. The number of rotatable bonds is 15. The third-order valence-electron chi connectivity index (χ3n) is 6.23. The van der Waals surface area contributed by atoms with Gasteiger partial charge in [0.05, 0.1) is 7.11 Å². The molecule has 0 aliphatic heterocycles. The van der Waals surface area contributed by atoms with Gasteiger partial charge in [0.25, 0.3) is 5.91 Å². The van der Waals surface area contributed by atoms with Gasteiger partial charge in [0.2, 0.25) is 0 Å². The van der Waals surface area contributed by atoms with E-state index in [1.807, 2.05) is 24.5 Å². The van der Waals surface area contributed by atoms with Crippen molar-refractivity contribution in [3.63, 3.8) is 0 Å². The van der Waals surface area contributed by atoms with Gasteiger partial charge in [-0.25, -0.2) is 4.79 Å². The van der Waals surface area contributed by atoms with Crippen LogP contribution in [0.1, 0.15) is 67.4 Å². The molecule has 6 heteroatoms. The van der Waals surface area contributed by atoms with Crippen molar-refractivity contribution in [3.05, 3.63) is 59.2 Å². The second-order valence-electron chi connectivity index (χ2n) is 9.01. The Balaban J connectivity index is 2.41. The number of unbranched alkanes of at least 4 members (excludes halogenated alkanes) is 2. The highest BCUT2D eigenvalue weighted by atomic mass is 32.2. The van der Waals surface area contributed by atoms with Crippen LogP contribution in [0.4, 0.5) is 0 Å². The zero-order valence-corrected chi connectivity index (χ0v) is 23.8. The molecule has 0 radical (unpaired) electrons. The standard InChI is InChI=1S/C29H42NO3PS/c1-6-8-17-34(18-9-7-2)21-23-14-15-25(26(20-23)24-13-11-10-12-22(24)3)28(31)30-27(16-19-35-5)29(32)33-4/h10-15,20,27H,6-9,16-19,21H2,1-5H3,(H,30,31). The summed E-state index contributed by atoms with van der Waals surface area (Å²) < 4.78 is 4.95. The predicted molar refractivity (Wildman–Crippen MR) is 153 cm³/mol. The van der Waals surface area contributed by atoms with E-state index in [-0.39, 0.29) is 13.8 Å². The van der Waals surface area contributed by atoms with Crippen molar-refractivity contribution in [2.45, 2.75) is 65.1 Å². The Labute approximate surface area is 217 Å². The first-order chi connectivity index (χ1) is 16.9. The van der Waals surface area contributed by atoms with Gasteiger partial charge in [0.1, 0.15) is 6.04 Å². The fourth-order valence-electron chi connectivity index (χ4n) is 4.14. The summed E-state index contributed by atoms with van der Waals surface area (Å²) in [7, 11) is 1.31. The molecular weight excluding hydrogens is 473 g/mol. The Kier molecular flexibility index (Phi) is 13.4. The molecule has 0 fully saturated rings. The Morgan fingerprint density at radius 3 is 2.31 bits per heavy atom. The van der Waals surface area contributed by atoms with E-state index in [1.165, 1.54) is 50.7 Å². The van der Waals surface area contributed by atoms with E-state index in [9.17, 15) is 9.59 Å². The summed E-state index contributed by atoms with van der Waals surface area (Å²) in [5.74, 6) is 0.132. The molecule has 1 N–H and O–H groups in total. The summed E-state index contributed by atoms with van der Waals surface area (Å²) in [5.41, 5.74) is 5.03. The number of hydrogen-bond acceptors (Lipinski definition) is 4. The van der Waals surface area contributed by atoms with E-state index >= 15 is 0 Å². The molecule has 0 bridgehead atoms. The number of nitrogens with one attached hydrogen (secondary N) is 1. The fraction of sp³-hybridized carbons (Fsp3) is 0.517. The summed E-state index contributed by atoms with van der Waals surface area (Å²) in [6, 6.07) is 13.8. The molecule has 0 heterocycles. The maximum Gasteiger partial charge on any atom is 0.328 e. The highest BCUT2D eigenvalue weighted by Crippen LogP contribution is 2.42. The van der Waals surface area contributed by atoms with Gasteiger partial charge < -0.3 is 10.1 Å². The van der Waals surface area contributed by atoms with Crippen molar-refractivity contribution in [2.24, 2.45) is 0 Å². The van der Waals surface area contributed by atoms with Gasteiger partial charge in [-0.1, -0.05) is 57.0 Å². The average molecular weight is 516 g/mol. The van der Waals surface area contributed by atoms with Gasteiger partial charge in [0, 0.05) is 5.56 Å². The third kappa shape index (κ3) is 9.28. The fourth-order valence-corrected chi connectivity index (χ4v) is 7.39. The zero-order chi connectivity index (χ0) is 25.6. The molecule has 0 saturated carbocycles. The summed E-state index contributed by atoms with van der Waals surface area (Å²) >= 11 is 1.64. The molecule has 0 spiro atoms. The van der Waals surface area contributed by atoms with Crippen LogP contribution in [-0.2, 0) is 15.7 Å². The quantitative estimate of drug-likeness (QED) is 0.200. The Morgan fingerprint density at radius 2 is 1.71 bits per heavy atom. The molecule has 0 aromatic heterocycles. The van der Waals surface area contributed by atoms with Crippen LogP contribution in [0.2, 0.25) is 0 Å². The van der Waals surface area contributed by atoms with E-state index in [0.717, 1.165) is 28.6 Å². The number of carbonyl (C=O) groups is 2. The number of aryl methyl sites for hydroxylation is 1. The lowest BCUT2D eigenvalue weighted by atomic mass is 9.94. The van der Waals surface area contributed by atoms with Gasteiger partial charge in [0.15, 0.2) is 0 Å². The second-order valence-corrected chi connectivity index (χ2v) is 12.5. The second kappa shape index (κ2) is 16.0. The van der Waals surface area contributed by atoms with Crippen LogP contribution in [0.25, 0.3) is 11.1 Å². The first kappa shape index (κ1) is 29.4. The van der Waals surface area contributed by atoms with Gasteiger partial charge in [-0.2, -0.15) is 11.8 Å². The number of amides is 1. The van der Waals surface area contributed by atoms with Crippen LogP contribution in [0, 0.1) is 6.92 Å². The van der Waals surface area contributed by atoms with Crippen molar-refractivity contribution in [3.8, 4) is 11.1 Å². The van der Waals surface area contributed by atoms with Crippen LogP contribution in [-0.4, -0.2) is 49.4 Å². The number of ether oxygens (including phenoxy) is 1. The smallest absolute Gasteiger partial charge is 0.328 e. The average Bonchev–Trinajstić information content (AvgIpc) is 2.87. The maximum absolute atomic E-state index is 13.4. The van der Waals surface area contributed by atoms with E-state index in [2.05, 4.69) is 50.4 Å².